The Hall–Kier alpha value is -1.47. The van der Waals surface area contributed by atoms with Crippen LogP contribution in [0.15, 0.2) is 0 Å². The van der Waals surface area contributed by atoms with Crippen LogP contribution in [-0.4, -0.2) is 47.4 Å². The van der Waals surface area contributed by atoms with Gasteiger partial charge in [0.15, 0.2) is 6.61 Å². The van der Waals surface area contributed by atoms with Crippen molar-refractivity contribution in [3.63, 3.8) is 0 Å². The van der Waals surface area contributed by atoms with Crippen LogP contribution >= 0.6 is 0 Å². The first-order chi connectivity index (χ1) is 8.20. The van der Waals surface area contributed by atoms with Crippen LogP contribution in [-0.2, 0) is 9.53 Å². The maximum absolute atomic E-state index is 11.9. The van der Waals surface area contributed by atoms with E-state index in [2.05, 4.69) is 4.74 Å². The molecule has 2 unspecified atom stereocenters. The summed E-state index contributed by atoms with van der Waals surface area (Å²) in [6, 6.07) is -1.12. The molecule has 0 bridgehead atoms. The minimum absolute atomic E-state index is 0.0921. The van der Waals surface area contributed by atoms with E-state index >= 15 is 0 Å². The van der Waals surface area contributed by atoms with Gasteiger partial charge in [0.1, 0.15) is 6.04 Å². The lowest BCUT2D eigenvalue weighted by atomic mass is 9.93. The quantitative estimate of drug-likeness (QED) is 0.831. The molecule has 1 fully saturated rings. The van der Waals surface area contributed by atoms with Gasteiger partial charge in [0.25, 0.3) is 0 Å². The Labute approximate surface area is 102 Å². The molecule has 1 aliphatic rings. The number of carboxylic acids is 1. The predicted octanol–water partition coefficient (Wildman–Crippen LogP) is 1.87. The molecule has 0 aliphatic carbocycles. The summed E-state index contributed by atoms with van der Waals surface area (Å²) < 4.78 is 39.7. The van der Waals surface area contributed by atoms with E-state index in [1.807, 2.05) is 6.92 Å². The smallest absolute Gasteiger partial charge is 0.422 e. The number of carbonyl (C=O) groups is 2. The van der Waals surface area contributed by atoms with Crippen LogP contribution in [0.3, 0.4) is 0 Å². The van der Waals surface area contributed by atoms with Crippen molar-refractivity contribution in [1.82, 2.24) is 4.90 Å². The van der Waals surface area contributed by atoms with Crippen LogP contribution in [0.5, 0.6) is 0 Å². The second kappa shape index (κ2) is 5.45. The summed E-state index contributed by atoms with van der Waals surface area (Å²) in [5.74, 6) is -1.12. The average molecular weight is 269 g/mol. The van der Waals surface area contributed by atoms with Gasteiger partial charge in [-0.05, 0) is 18.8 Å². The first-order valence-electron chi connectivity index (χ1n) is 5.43. The zero-order chi connectivity index (χ0) is 13.9. The van der Waals surface area contributed by atoms with Gasteiger partial charge < -0.3 is 9.84 Å². The van der Waals surface area contributed by atoms with Gasteiger partial charge in [0.05, 0.1) is 0 Å². The standard InChI is InChI=1S/C10H14F3NO4/c1-6-2-3-14(7(4-6)8(15)16)9(17)18-5-10(11,12)13/h6-7H,2-5H2,1H3,(H,15,16). The number of ether oxygens (including phenoxy) is 1. The lowest BCUT2D eigenvalue weighted by Crippen LogP contribution is -2.50. The van der Waals surface area contributed by atoms with Gasteiger partial charge >= 0.3 is 18.2 Å². The molecular formula is C10H14F3NO4. The summed E-state index contributed by atoms with van der Waals surface area (Å²) in [6.45, 7) is 0.216. The Morgan fingerprint density at radius 2 is 2.06 bits per heavy atom. The van der Waals surface area contributed by atoms with Gasteiger partial charge in [0, 0.05) is 6.54 Å². The van der Waals surface area contributed by atoms with Gasteiger partial charge in [-0.25, -0.2) is 9.59 Å². The molecule has 0 spiro atoms. The zero-order valence-electron chi connectivity index (χ0n) is 9.74. The Bertz CT molecular complexity index is 332. The van der Waals surface area contributed by atoms with Crippen molar-refractivity contribution >= 4 is 12.1 Å². The number of nitrogens with zero attached hydrogens (tertiary/aromatic N) is 1. The topological polar surface area (TPSA) is 66.8 Å². The number of carboxylic acid groups (broad SMARTS) is 1. The van der Waals surface area contributed by atoms with E-state index in [9.17, 15) is 22.8 Å². The van der Waals surface area contributed by atoms with Crippen LogP contribution in [0, 0.1) is 5.92 Å². The van der Waals surface area contributed by atoms with E-state index in [1.54, 1.807) is 0 Å². The molecule has 2 atom stereocenters. The number of amides is 1. The van der Waals surface area contributed by atoms with Crippen molar-refractivity contribution in [3.8, 4) is 0 Å². The van der Waals surface area contributed by atoms with E-state index in [0.29, 0.717) is 6.42 Å². The number of halogens is 3. The molecule has 1 saturated heterocycles. The van der Waals surface area contributed by atoms with Gasteiger partial charge in [-0.2, -0.15) is 13.2 Å². The highest BCUT2D eigenvalue weighted by Gasteiger charge is 2.37. The maximum Gasteiger partial charge on any atom is 0.422 e. The molecule has 1 amide bonds. The summed E-state index contributed by atoms with van der Waals surface area (Å²) in [7, 11) is 0. The number of hydrogen-bond donors (Lipinski definition) is 1. The fourth-order valence-electron chi connectivity index (χ4n) is 1.82. The van der Waals surface area contributed by atoms with Gasteiger partial charge in [-0.1, -0.05) is 6.92 Å². The van der Waals surface area contributed by atoms with E-state index in [0.717, 1.165) is 4.90 Å². The normalized spacial score (nSPS) is 24.8. The first-order valence-corrected chi connectivity index (χ1v) is 5.43. The molecule has 0 saturated carbocycles. The third-order valence-corrected chi connectivity index (χ3v) is 2.74. The molecule has 8 heteroatoms. The molecule has 0 aromatic heterocycles. The summed E-state index contributed by atoms with van der Waals surface area (Å²) in [4.78, 5) is 23.2. The first kappa shape index (κ1) is 14.6. The van der Waals surface area contributed by atoms with Crippen LogP contribution in [0.1, 0.15) is 19.8 Å². The minimum Gasteiger partial charge on any atom is -0.480 e. The number of likely N-dealkylation sites (tertiary alicyclic amines) is 1. The fourth-order valence-corrected chi connectivity index (χ4v) is 1.82. The number of alkyl halides is 3. The van der Waals surface area contributed by atoms with Gasteiger partial charge in [-0.15, -0.1) is 0 Å². The third kappa shape index (κ3) is 4.08. The van der Waals surface area contributed by atoms with E-state index in [-0.39, 0.29) is 18.9 Å². The SMILES string of the molecule is CC1CCN(C(=O)OCC(F)(F)F)C(C(=O)O)C1. The van der Waals surface area contributed by atoms with Crippen molar-refractivity contribution in [1.29, 1.82) is 0 Å². The van der Waals surface area contributed by atoms with E-state index in [4.69, 9.17) is 5.11 Å². The summed E-state index contributed by atoms with van der Waals surface area (Å²) in [5.41, 5.74) is 0. The highest BCUT2D eigenvalue weighted by molar-refractivity contribution is 5.80. The van der Waals surface area contributed by atoms with Crippen molar-refractivity contribution in [2.45, 2.75) is 32.0 Å². The Kier molecular flexibility index (Phi) is 4.42. The third-order valence-electron chi connectivity index (χ3n) is 2.74. The number of carbonyl (C=O) groups excluding carboxylic acids is 1. The van der Waals surface area contributed by atoms with Crippen molar-refractivity contribution < 1.29 is 32.6 Å². The maximum atomic E-state index is 11.9. The summed E-state index contributed by atoms with van der Waals surface area (Å²) in [5, 5.41) is 8.93. The van der Waals surface area contributed by atoms with Crippen LogP contribution in [0.2, 0.25) is 0 Å². The molecule has 5 nitrogen and oxygen atoms in total. The van der Waals surface area contributed by atoms with Crippen molar-refractivity contribution in [2.24, 2.45) is 5.92 Å². The van der Waals surface area contributed by atoms with Crippen LogP contribution < -0.4 is 0 Å². The second-order valence-corrected chi connectivity index (χ2v) is 4.35. The van der Waals surface area contributed by atoms with Crippen molar-refractivity contribution in [2.75, 3.05) is 13.2 Å². The van der Waals surface area contributed by atoms with Crippen LogP contribution in [0.4, 0.5) is 18.0 Å². The highest BCUT2D eigenvalue weighted by Crippen LogP contribution is 2.24. The molecule has 1 N–H and O–H groups in total. The lowest BCUT2D eigenvalue weighted by molar-refractivity contribution is -0.164. The Morgan fingerprint density at radius 3 is 2.56 bits per heavy atom. The molecule has 18 heavy (non-hydrogen) atoms. The molecule has 104 valence electrons. The number of aliphatic carboxylic acids is 1. The molecule has 0 aromatic carbocycles. The number of piperidine rings is 1. The average Bonchev–Trinajstić information content (AvgIpc) is 2.24. The highest BCUT2D eigenvalue weighted by atomic mass is 19.4. The summed E-state index contributed by atoms with van der Waals surface area (Å²) in [6.07, 6.45) is -5.08. The Morgan fingerprint density at radius 1 is 1.44 bits per heavy atom. The number of hydrogen-bond acceptors (Lipinski definition) is 3. The molecule has 1 aliphatic heterocycles. The molecule has 1 heterocycles. The lowest BCUT2D eigenvalue weighted by Gasteiger charge is -2.35. The molecule has 0 aromatic rings. The van der Waals surface area contributed by atoms with E-state index in [1.165, 1.54) is 0 Å². The Balaban J connectivity index is 2.62. The molecule has 1 rings (SSSR count). The molecular weight excluding hydrogens is 255 g/mol. The fraction of sp³-hybridized carbons (Fsp3) is 0.800. The minimum atomic E-state index is -4.61. The zero-order valence-corrected chi connectivity index (χ0v) is 9.74. The monoisotopic (exact) mass is 269 g/mol. The number of rotatable bonds is 2. The van der Waals surface area contributed by atoms with Crippen LogP contribution in [0.25, 0.3) is 0 Å². The predicted molar refractivity (Wildman–Crippen MR) is 53.9 cm³/mol. The van der Waals surface area contributed by atoms with Gasteiger partial charge in [-0.3, -0.25) is 4.90 Å². The molecule has 0 radical (unpaired) electrons. The van der Waals surface area contributed by atoms with E-state index < -0.39 is 30.9 Å². The second-order valence-electron chi connectivity index (χ2n) is 4.35. The summed E-state index contributed by atoms with van der Waals surface area (Å²) >= 11 is 0. The van der Waals surface area contributed by atoms with Crippen molar-refractivity contribution in [3.05, 3.63) is 0 Å². The largest absolute Gasteiger partial charge is 0.480 e. The van der Waals surface area contributed by atoms with Gasteiger partial charge in [0.2, 0.25) is 0 Å².